The van der Waals surface area contributed by atoms with Crippen molar-refractivity contribution in [2.24, 2.45) is 0 Å². The lowest BCUT2D eigenvalue weighted by atomic mass is 10.3. The zero-order valence-corrected chi connectivity index (χ0v) is 9.51. The quantitative estimate of drug-likeness (QED) is 0.723. The number of nitrogens with zero attached hydrogens (tertiary/aromatic N) is 3. The molecule has 2 rings (SSSR count). The van der Waals surface area contributed by atoms with Crippen LogP contribution in [0.15, 0.2) is 18.2 Å². The van der Waals surface area contributed by atoms with Crippen molar-refractivity contribution in [3.63, 3.8) is 0 Å². The largest absolute Gasteiger partial charge is 0.481 e. The van der Waals surface area contributed by atoms with E-state index in [-0.39, 0.29) is 5.91 Å². The average Bonchev–Trinajstić information content (AvgIpc) is 2.29. The molecule has 0 saturated carbocycles. The number of methoxy groups -OCH3 is 1. The van der Waals surface area contributed by atoms with E-state index in [1.54, 1.807) is 18.1 Å². The van der Waals surface area contributed by atoms with Crippen molar-refractivity contribution in [2.45, 2.75) is 0 Å². The number of amides is 1. The number of aromatic nitrogens is 1. The molecule has 0 bridgehead atoms. The Bertz CT molecular complexity index is 395. The fourth-order valence-corrected chi connectivity index (χ4v) is 1.70. The molecule has 86 valence electrons. The summed E-state index contributed by atoms with van der Waals surface area (Å²) in [6, 6.07) is 5.43. The number of likely N-dealkylation sites (N-methyl/N-ethyl adjacent to an activating group) is 1. The number of hydrogen-bond acceptors (Lipinski definition) is 4. The lowest BCUT2D eigenvalue weighted by molar-refractivity contribution is -0.120. The normalized spacial score (nSPS) is 17.6. The zero-order valence-electron chi connectivity index (χ0n) is 9.51. The summed E-state index contributed by atoms with van der Waals surface area (Å²) in [5.74, 6) is 1.27. The zero-order chi connectivity index (χ0) is 11.5. The van der Waals surface area contributed by atoms with Crippen molar-refractivity contribution in [1.29, 1.82) is 0 Å². The highest BCUT2D eigenvalue weighted by molar-refractivity contribution is 5.94. The van der Waals surface area contributed by atoms with Gasteiger partial charge in [-0.1, -0.05) is 6.07 Å². The summed E-state index contributed by atoms with van der Waals surface area (Å²) in [6.07, 6.45) is 0. The number of anilines is 1. The van der Waals surface area contributed by atoms with E-state index in [4.69, 9.17) is 4.74 Å². The third-order valence-electron chi connectivity index (χ3n) is 2.61. The van der Waals surface area contributed by atoms with Gasteiger partial charge in [-0.25, -0.2) is 0 Å². The van der Waals surface area contributed by atoms with Crippen LogP contribution in [0.1, 0.15) is 0 Å². The van der Waals surface area contributed by atoms with Crippen LogP contribution in [0.5, 0.6) is 5.88 Å². The Balaban J connectivity index is 2.20. The minimum Gasteiger partial charge on any atom is -0.481 e. The summed E-state index contributed by atoms with van der Waals surface area (Å²) in [5, 5.41) is 0. The van der Waals surface area contributed by atoms with Crippen molar-refractivity contribution < 1.29 is 9.53 Å². The molecule has 1 aliphatic heterocycles. The lowest BCUT2D eigenvalue weighted by Crippen LogP contribution is -2.49. The average molecular weight is 221 g/mol. The molecular weight excluding hydrogens is 206 g/mol. The van der Waals surface area contributed by atoms with E-state index in [0.29, 0.717) is 24.8 Å². The lowest BCUT2D eigenvalue weighted by Gasteiger charge is -2.31. The van der Waals surface area contributed by atoms with Gasteiger partial charge in [0.05, 0.1) is 13.7 Å². The highest BCUT2D eigenvalue weighted by Crippen LogP contribution is 2.17. The first-order valence-corrected chi connectivity index (χ1v) is 5.20. The smallest absolute Gasteiger partial charge is 0.242 e. The van der Waals surface area contributed by atoms with E-state index in [0.717, 1.165) is 6.54 Å². The molecule has 16 heavy (non-hydrogen) atoms. The Morgan fingerprint density at radius 2 is 2.19 bits per heavy atom. The van der Waals surface area contributed by atoms with Gasteiger partial charge in [-0.15, -0.1) is 0 Å². The van der Waals surface area contributed by atoms with Gasteiger partial charge in [-0.3, -0.25) is 14.6 Å². The number of rotatable bonds is 2. The monoisotopic (exact) mass is 221 g/mol. The van der Waals surface area contributed by atoms with Crippen LogP contribution in [0, 0.1) is 0 Å². The predicted molar refractivity (Wildman–Crippen MR) is 60.6 cm³/mol. The van der Waals surface area contributed by atoms with Crippen LogP contribution in [0.2, 0.25) is 0 Å². The molecule has 0 atom stereocenters. The fourth-order valence-electron chi connectivity index (χ4n) is 1.70. The van der Waals surface area contributed by atoms with E-state index >= 15 is 0 Å². The molecule has 0 unspecified atom stereocenters. The standard InChI is InChI=1S/C11H15N3O2/c1-13-6-7-14(11(15)8-13)9-4-3-5-10(12-9)16-2/h3-5H,6-8H2,1-2H3. The molecule has 0 spiro atoms. The minimum absolute atomic E-state index is 0.0782. The number of piperazine rings is 1. The number of carbonyl (C=O) groups is 1. The molecule has 0 aliphatic carbocycles. The minimum atomic E-state index is 0.0782. The summed E-state index contributed by atoms with van der Waals surface area (Å²) in [5.41, 5.74) is 0. The molecule has 1 saturated heterocycles. The molecule has 5 nitrogen and oxygen atoms in total. The SMILES string of the molecule is COc1cccc(N2CCN(C)CC2=O)n1. The van der Waals surface area contributed by atoms with Crippen molar-refractivity contribution >= 4 is 11.7 Å². The van der Waals surface area contributed by atoms with Gasteiger partial charge in [0.15, 0.2) is 0 Å². The van der Waals surface area contributed by atoms with Gasteiger partial charge in [-0.05, 0) is 13.1 Å². The predicted octanol–water partition coefficient (Wildman–Crippen LogP) is 0.369. The van der Waals surface area contributed by atoms with Gasteiger partial charge in [0, 0.05) is 19.2 Å². The van der Waals surface area contributed by atoms with Gasteiger partial charge in [-0.2, -0.15) is 4.98 Å². The van der Waals surface area contributed by atoms with Crippen LogP contribution in [0.25, 0.3) is 0 Å². The molecule has 0 N–H and O–H groups in total. The number of carbonyl (C=O) groups excluding carboxylic acids is 1. The van der Waals surface area contributed by atoms with E-state index < -0.39 is 0 Å². The maximum Gasteiger partial charge on any atom is 0.242 e. The van der Waals surface area contributed by atoms with Crippen molar-refractivity contribution in [1.82, 2.24) is 9.88 Å². The van der Waals surface area contributed by atoms with Gasteiger partial charge < -0.3 is 4.74 Å². The molecule has 1 aromatic rings. The molecule has 2 heterocycles. The Labute approximate surface area is 94.6 Å². The molecule has 1 aromatic heterocycles. The third-order valence-corrected chi connectivity index (χ3v) is 2.61. The van der Waals surface area contributed by atoms with Crippen LogP contribution in [0.4, 0.5) is 5.82 Å². The van der Waals surface area contributed by atoms with E-state index in [1.165, 1.54) is 0 Å². The van der Waals surface area contributed by atoms with Crippen molar-refractivity contribution in [2.75, 3.05) is 38.7 Å². The number of ether oxygens (including phenoxy) is 1. The summed E-state index contributed by atoms with van der Waals surface area (Å²) >= 11 is 0. The molecular formula is C11H15N3O2. The second-order valence-electron chi connectivity index (χ2n) is 3.82. The molecule has 1 amide bonds. The maximum atomic E-state index is 11.8. The van der Waals surface area contributed by atoms with Crippen LogP contribution < -0.4 is 9.64 Å². The third kappa shape index (κ3) is 2.14. The molecule has 5 heteroatoms. The Morgan fingerprint density at radius 1 is 1.38 bits per heavy atom. The van der Waals surface area contributed by atoms with Crippen LogP contribution in [0.3, 0.4) is 0 Å². The van der Waals surface area contributed by atoms with Crippen molar-refractivity contribution in [3.05, 3.63) is 18.2 Å². The van der Waals surface area contributed by atoms with Gasteiger partial charge >= 0.3 is 0 Å². The molecule has 1 aliphatic rings. The second kappa shape index (κ2) is 4.49. The summed E-state index contributed by atoms with van der Waals surface area (Å²) in [6.45, 7) is 1.99. The van der Waals surface area contributed by atoms with E-state index in [9.17, 15) is 4.79 Å². The molecule has 0 radical (unpaired) electrons. The van der Waals surface area contributed by atoms with Gasteiger partial charge in [0.25, 0.3) is 0 Å². The van der Waals surface area contributed by atoms with E-state index in [2.05, 4.69) is 4.98 Å². The first-order valence-electron chi connectivity index (χ1n) is 5.20. The summed E-state index contributed by atoms with van der Waals surface area (Å²) in [4.78, 5) is 19.8. The van der Waals surface area contributed by atoms with Crippen molar-refractivity contribution in [3.8, 4) is 5.88 Å². The summed E-state index contributed by atoms with van der Waals surface area (Å²) < 4.78 is 5.04. The van der Waals surface area contributed by atoms with Crippen LogP contribution in [-0.4, -0.2) is 49.6 Å². The van der Waals surface area contributed by atoms with Crippen LogP contribution >= 0.6 is 0 Å². The highest BCUT2D eigenvalue weighted by Gasteiger charge is 2.23. The first-order chi connectivity index (χ1) is 7.70. The van der Waals surface area contributed by atoms with E-state index in [1.807, 2.05) is 24.1 Å². The fraction of sp³-hybridized carbons (Fsp3) is 0.455. The number of pyridine rings is 1. The molecule has 1 fully saturated rings. The highest BCUT2D eigenvalue weighted by atomic mass is 16.5. The Hall–Kier alpha value is -1.62. The van der Waals surface area contributed by atoms with Gasteiger partial charge in [0.1, 0.15) is 5.82 Å². The first kappa shape index (κ1) is 10.9. The topological polar surface area (TPSA) is 45.7 Å². The Morgan fingerprint density at radius 3 is 2.88 bits per heavy atom. The Kier molecular flexibility index (Phi) is 3.05. The van der Waals surface area contributed by atoms with Gasteiger partial charge in [0.2, 0.25) is 11.8 Å². The maximum absolute atomic E-state index is 11.8. The molecule has 0 aromatic carbocycles. The summed E-state index contributed by atoms with van der Waals surface area (Å²) in [7, 11) is 3.51. The van der Waals surface area contributed by atoms with Crippen LogP contribution in [-0.2, 0) is 4.79 Å². The second-order valence-corrected chi connectivity index (χ2v) is 3.82. The number of hydrogen-bond donors (Lipinski definition) is 0.